The summed E-state index contributed by atoms with van der Waals surface area (Å²) < 4.78 is 3.72. The van der Waals surface area contributed by atoms with E-state index < -0.39 is 0 Å². The Morgan fingerprint density at radius 3 is 2.65 bits per heavy atom. The molecule has 156 valence electrons. The maximum atomic E-state index is 13.2. The van der Waals surface area contributed by atoms with E-state index in [9.17, 15) is 4.79 Å². The molecule has 0 aliphatic heterocycles. The van der Waals surface area contributed by atoms with E-state index in [4.69, 9.17) is 28.2 Å². The summed E-state index contributed by atoms with van der Waals surface area (Å²) in [4.78, 5) is 18.0. The van der Waals surface area contributed by atoms with E-state index in [0.29, 0.717) is 16.3 Å². The molecule has 0 unspecified atom stereocenters. The smallest absolute Gasteiger partial charge is 0.272 e. The molecular formula is C23H16Cl2N2OS3. The van der Waals surface area contributed by atoms with Crippen LogP contribution in [0.2, 0.25) is 10.0 Å². The first kappa shape index (κ1) is 21.0. The molecule has 0 saturated heterocycles. The zero-order valence-corrected chi connectivity index (χ0v) is 20.1. The monoisotopic (exact) mass is 502 g/mol. The Labute approximate surface area is 201 Å². The van der Waals surface area contributed by atoms with Crippen LogP contribution in [-0.4, -0.2) is 9.55 Å². The highest BCUT2D eigenvalue weighted by atomic mass is 35.5. The Hall–Kier alpha value is -1.83. The number of rotatable bonds is 6. The molecular weight excluding hydrogens is 487 g/mol. The number of aromatic nitrogens is 2. The van der Waals surface area contributed by atoms with Crippen LogP contribution in [0.4, 0.5) is 0 Å². The summed E-state index contributed by atoms with van der Waals surface area (Å²) in [7, 11) is 0. The summed E-state index contributed by atoms with van der Waals surface area (Å²) in [6, 6.07) is 15.6. The van der Waals surface area contributed by atoms with Gasteiger partial charge in [0.15, 0.2) is 5.16 Å². The molecule has 8 heteroatoms. The van der Waals surface area contributed by atoms with Gasteiger partial charge in [0.1, 0.15) is 4.70 Å². The van der Waals surface area contributed by atoms with Crippen LogP contribution in [-0.2, 0) is 18.7 Å². The molecule has 0 atom stereocenters. The van der Waals surface area contributed by atoms with E-state index in [0.717, 1.165) is 38.8 Å². The van der Waals surface area contributed by atoms with Crippen LogP contribution in [0.25, 0.3) is 20.3 Å². The predicted molar refractivity (Wildman–Crippen MR) is 135 cm³/mol. The van der Waals surface area contributed by atoms with Gasteiger partial charge in [-0.15, -0.1) is 22.7 Å². The SMILES string of the molecule is O=c1c2sccc2nc(SCc2csc3ccc(Cl)cc23)n1CCc1ccc(Cl)cc1. The summed E-state index contributed by atoms with van der Waals surface area (Å²) in [5, 5.41) is 7.43. The molecule has 5 rings (SSSR count). The number of hydrogen-bond acceptors (Lipinski definition) is 5. The van der Waals surface area contributed by atoms with Crippen molar-refractivity contribution in [3.63, 3.8) is 0 Å². The number of nitrogens with zero attached hydrogens (tertiary/aromatic N) is 2. The van der Waals surface area contributed by atoms with Crippen molar-refractivity contribution < 1.29 is 0 Å². The van der Waals surface area contributed by atoms with Crippen molar-refractivity contribution in [1.82, 2.24) is 9.55 Å². The summed E-state index contributed by atoms with van der Waals surface area (Å²) in [5.74, 6) is 0.726. The molecule has 0 saturated carbocycles. The molecule has 0 aliphatic rings. The first-order chi connectivity index (χ1) is 15.1. The number of thiophene rings is 2. The minimum atomic E-state index is 0.0229. The molecule has 2 aromatic carbocycles. The van der Waals surface area contributed by atoms with Gasteiger partial charge in [0.05, 0.1) is 5.52 Å². The fourth-order valence-electron chi connectivity index (χ4n) is 3.43. The van der Waals surface area contributed by atoms with E-state index in [2.05, 4.69) is 5.38 Å². The molecule has 31 heavy (non-hydrogen) atoms. The number of aryl methyl sites for hydroxylation is 1. The Morgan fingerprint density at radius 1 is 1.00 bits per heavy atom. The van der Waals surface area contributed by atoms with Crippen molar-refractivity contribution in [3.8, 4) is 0 Å². The van der Waals surface area contributed by atoms with Crippen molar-refractivity contribution >= 4 is 77.9 Å². The van der Waals surface area contributed by atoms with Crippen LogP contribution in [0, 0.1) is 0 Å². The third kappa shape index (κ3) is 4.41. The zero-order chi connectivity index (χ0) is 21.4. The Balaban J connectivity index is 1.46. The molecule has 3 aromatic heterocycles. The number of halogens is 2. The minimum Gasteiger partial charge on any atom is -0.286 e. The van der Waals surface area contributed by atoms with Gasteiger partial charge in [0, 0.05) is 27.0 Å². The van der Waals surface area contributed by atoms with E-state index >= 15 is 0 Å². The van der Waals surface area contributed by atoms with Gasteiger partial charge in [-0.25, -0.2) is 4.98 Å². The third-order valence-electron chi connectivity index (χ3n) is 5.04. The number of fused-ring (bicyclic) bond motifs is 2. The lowest BCUT2D eigenvalue weighted by molar-refractivity contribution is 0.596. The summed E-state index contributed by atoms with van der Waals surface area (Å²) in [6.45, 7) is 0.569. The van der Waals surface area contributed by atoms with E-state index in [1.54, 1.807) is 27.7 Å². The fraction of sp³-hybridized carbons (Fsp3) is 0.130. The molecule has 0 spiro atoms. The van der Waals surface area contributed by atoms with Crippen molar-refractivity contribution in [2.45, 2.75) is 23.9 Å². The maximum absolute atomic E-state index is 13.2. The summed E-state index contributed by atoms with van der Waals surface area (Å²) in [6.07, 6.45) is 0.736. The lowest BCUT2D eigenvalue weighted by Gasteiger charge is -2.12. The molecule has 0 N–H and O–H groups in total. The molecule has 0 fully saturated rings. The Kier molecular flexibility index (Phi) is 6.08. The zero-order valence-electron chi connectivity index (χ0n) is 16.2. The molecule has 0 bridgehead atoms. The normalized spacial score (nSPS) is 11.5. The van der Waals surface area contributed by atoms with Gasteiger partial charge in [0.25, 0.3) is 5.56 Å². The van der Waals surface area contributed by atoms with Crippen LogP contribution in [0.1, 0.15) is 11.1 Å². The quantitative estimate of drug-likeness (QED) is 0.178. The van der Waals surface area contributed by atoms with Gasteiger partial charge in [0.2, 0.25) is 0 Å². The predicted octanol–water partition coefficient (Wildman–Crippen LogP) is 7.51. The van der Waals surface area contributed by atoms with Crippen LogP contribution in [0.5, 0.6) is 0 Å². The molecule has 0 radical (unpaired) electrons. The Bertz CT molecular complexity index is 1440. The van der Waals surface area contributed by atoms with Crippen molar-refractivity contribution in [2.75, 3.05) is 0 Å². The van der Waals surface area contributed by atoms with Gasteiger partial charge >= 0.3 is 0 Å². The molecule has 0 amide bonds. The second-order valence-electron chi connectivity index (χ2n) is 7.05. The van der Waals surface area contributed by atoms with Crippen LogP contribution < -0.4 is 5.56 Å². The highest BCUT2D eigenvalue weighted by Crippen LogP contribution is 2.33. The third-order valence-corrected chi connectivity index (χ3v) is 8.46. The standard InChI is InChI=1S/C23H16Cl2N2OS3/c24-16-3-1-14(2-4-16)7-9-27-22(28)21-19(8-10-29-21)26-23(27)31-13-15-12-30-20-6-5-17(25)11-18(15)20/h1-6,8,10-12H,7,9,13H2. The second-order valence-corrected chi connectivity index (χ2v) is 10.7. The van der Waals surface area contributed by atoms with Gasteiger partial charge < -0.3 is 0 Å². The van der Waals surface area contributed by atoms with Gasteiger partial charge in [-0.1, -0.05) is 47.1 Å². The highest BCUT2D eigenvalue weighted by molar-refractivity contribution is 7.98. The van der Waals surface area contributed by atoms with Crippen LogP contribution in [0.3, 0.4) is 0 Å². The first-order valence-electron chi connectivity index (χ1n) is 9.59. The van der Waals surface area contributed by atoms with Crippen molar-refractivity contribution in [2.24, 2.45) is 0 Å². The van der Waals surface area contributed by atoms with E-state index in [1.807, 2.05) is 53.9 Å². The van der Waals surface area contributed by atoms with Gasteiger partial charge in [-0.2, -0.15) is 0 Å². The topological polar surface area (TPSA) is 34.9 Å². The van der Waals surface area contributed by atoms with E-state index in [-0.39, 0.29) is 5.56 Å². The van der Waals surface area contributed by atoms with Crippen LogP contribution >= 0.6 is 57.6 Å². The maximum Gasteiger partial charge on any atom is 0.272 e. The molecule has 5 aromatic rings. The van der Waals surface area contributed by atoms with E-state index in [1.165, 1.54) is 21.6 Å². The van der Waals surface area contributed by atoms with Crippen molar-refractivity contribution in [3.05, 3.63) is 90.8 Å². The molecule has 3 nitrogen and oxygen atoms in total. The lowest BCUT2D eigenvalue weighted by Crippen LogP contribution is -2.23. The summed E-state index contributed by atoms with van der Waals surface area (Å²) >= 11 is 17.0. The largest absolute Gasteiger partial charge is 0.286 e. The Morgan fingerprint density at radius 2 is 1.81 bits per heavy atom. The fourth-order valence-corrected chi connectivity index (χ4v) is 6.57. The van der Waals surface area contributed by atoms with Crippen molar-refractivity contribution in [1.29, 1.82) is 0 Å². The lowest BCUT2D eigenvalue weighted by atomic mass is 10.1. The number of benzene rings is 2. The number of thioether (sulfide) groups is 1. The average Bonchev–Trinajstić information content (AvgIpc) is 3.40. The molecule has 0 aliphatic carbocycles. The van der Waals surface area contributed by atoms with Gasteiger partial charge in [-0.3, -0.25) is 9.36 Å². The second kappa shape index (κ2) is 8.96. The average molecular weight is 504 g/mol. The highest BCUT2D eigenvalue weighted by Gasteiger charge is 2.14. The van der Waals surface area contributed by atoms with Crippen LogP contribution in [0.15, 0.2) is 69.2 Å². The van der Waals surface area contributed by atoms with Gasteiger partial charge in [-0.05, 0) is 70.1 Å². The summed E-state index contributed by atoms with van der Waals surface area (Å²) in [5.41, 5.74) is 3.13. The number of hydrogen-bond donors (Lipinski definition) is 0. The molecule has 3 heterocycles. The first-order valence-corrected chi connectivity index (χ1v) is 13.1. The minimum absolute atomic E-state index is 0.0229.